The summed E-state index contributed by atoms with van der Waals surface area (Å²) in [6.45, 7) is 6.57. The molecule has 0 bridgehead atoms. The predicted octanol–water partition coefficient (Wildman–Crippen LogP) is 3.22. The molecule has 2 rings (SSSR count). The van der Waals surface area contributed by atoms with Crippen molar-refractivity contribution in [2.24, 2.45) is 5.92 Å². The molecule has 2 atom stereocenters. The molecule has 1 fully saturated rings. The van der Waals surface area contributed by atoms with Crippen molar-refractivity contribution in [2.45, 2.75) is 44.6 Å². The molecule has 0 spiro atoms. The van der Waals surface area contributed by atoms with Gasteiger partial charge in [-0.1, -0.05) is 30.3 Å². The highest BCUT2D eigenvalue weighted by molar-refractivity contribution is 5.77. The van der Waals surface area contributed by atoms with Crippen LogP contribution in [-0.4, -0.2) is 24.8 Å². The molecule has 0 unspecified atom stereocenters. The van der Waals surface area contributed by atoms with Crippen molar-refractivity contribution in [2.75, 3.05) is 13.2 Å². The average molecular weight is 301 g/mol. The number of hydrogen-bond acceptors (Lipinski definition) is 4. The molecule has 1 aromatic carbocycles. The van der Waals surface area contributed by atoms with Gasteiger partial charge >= 0.3 is 5.97 Å². The van der Waals surface area contributed by atoms with Crippen molar-refractivity contribution in [3.63, 3.8) is 0 Å². The van der Waals surface area contributed by atoms with Crippen molar-refractivity contribution < 1.29 is 14.3 Å². The second-order valence-electron chi connectivity index (χ2n) is 6.37. The smallest absolute Gasteiger partial charge is 0.324 e. The number of carbonyl (C=O) groups excluding carboxylic acids is 1. The number of ether oxygens (including phenoxy) is 2. The molecule has 0 amide bonds. The van der Waals surface area contributed by atoms with Crippen molar-refractivity contribution in [3.05, 3.63) is 35.9 Å². The average Bonchev–Trinajstić information content (AvgIpc) is 2.48. The molecule has 0 aromatic heterocycles. The normalized spacial score (nSPS) is 25.0. The lowest BCUT2D eigenvalue weighted by atomic mass is 9.62. The highest BCUT2D eigenvalue weighted by Gasteiger charge is 2.51. The van der Waals surface area contributed by atoms with Crippen molar-refractivity contribution in [1.29, 1.82) is 5.26 Å². The molecule has 0 radical (unpaired) electrons. The molecule has 0 aliphatic carbocycles. The van der Waals surface area contributed by atoms with E-state index in [0.29, 0.717) is 19.4 Å². The number of benzene rings is 1. The maximum Gasteiger partial charge on any atom is 0.324 e. The van der Waals surface area contributed by atoms with E-state index in [1.54, 1.807) is 6.92 Å². The quantitative estimate of drug-likeness (QED) is 0.801. The molecule has 1 aliphatic rings. The van der Waals surface area contributed by atoms with Crippen molar-refractivity contribution in [3.8, 4) is 6.07 Å². The molecule has 1 saturated heterocycles. The Hall–Kier alpha value is -1.86. The lowest BCUT2D eigenvalue weighted by Crippen LogP contribution is -2.50. The lowest BCUT2D eigenvalue weighted by Gasteiger charge is -2.46. The zero-order chi connectivity index (χ0) is 16.2. The second kappa shape index (κ2) is 6.50. The van der Waals surface area contributed by atoms with Gasteiger partial charge in [0.15, 0.2) is 5.92 Å². The summed E-state index contributed by atoms with van der Waals surface area (Å²) in [5, 5.41) is 9.68. The Balaban J connectivity index is 2.50. The zero-order valence-electron chi connectivity index (χ0n) is 13.5. The third-order valence-corrected chi connectivity index (χ3v) is 4.33. The summed E-state index contributed by atoms with van der Waals surface area (Å²) in [7, 11) is 0. The summed E-state index contributed by atoms with van der Waals surface area (Å²) in [5.41, 5.74) is 0.0608. The Bertz CT molecular complexity index is 561. The first kappa shape index (κ1) is 16.5. The lowest BCUT2D eigenvalue weighted by molar-refractivity contribution is -0.153. The monoisotopic (exact) mass is 301 g/mol. The van der Waals surface area contributed by atoms with Gasteiger partial charge in [0.25, 0.3) is 0 Å². The molecule has 4 nitrogen and oxygen atoms in total. The van der Waals surface area contributed by atoms with E-state index in [1.807, 2.05) is 44.2 Å². The van der Waals surface area contributed by atoms with Crippen molar-refractivity contribution in [1.82, 2.24) is 0 Å². The van der Waals surface area contributed by atoms with Gasteiger partial charge in [-0.2, -0.15) is 5.26 Å². The number of nitrogens with zero attached hydrogens (tertiary/aromatic N) is 1. The summed E-state index contributed by atoms with van der Waals surface area (Å²) < 4.78 is 11.0. The second-order valence-corrected chi connectivity index (χ2v) is 6.37. The molecule has 118 valence electrons. The SMILES string of the molecule is CCOC(=O)[C@@H](C#N)[C@]1(c2ccccc2)CCOC(C)(C)C1. The van der Waals surface area contributed by atoms with Gasteiger partial charge in [-0.3, -0.25) is 4.79 Å². The fourth-order valence-corrected chi connectivity index (χ4v) is 3.47. The van der Waals surface area contributed by atoms with Gasteiger partial charge in [0.1, 0.15) is 0 Å². The molecular formula is C18H23NO3. The van der Waals surface area contributed by atoms with Crippen LogP contribution in [0.3, 0.4) is 0 Å². The van der Waals surface area contributed by atoms with E-state index in [-0.39, 0.29) is 12.2 Å². The van der Waals surface area contributed by atoms with Crippen molar-refractivity contribution >= 4 is 5.97 Å². The van der Waals surface area contributed by atoms with E-state index in [2.05, 4.69) is 6.07 Å². The first-order valence-corrected chi connectivity index (χ1v) is 7.71. The van der Waals surface area contributed by atoms with Gasteiger partial charge in [-0.25, -0.2) is 0 Å². The van der Waals surface area contributed by atoms with Crippen LogP contribution in [0.2, 0.25) is 0 Å². The van der Waals surface area contributed by atoms with Crippen LogP contribution in [0, 0.1) is 17.2 Å². The number of carbonyl (C=O) groups is 1. The van der Waals surface area contributed by atoms with Gasteiger partial charge < -0.3 is 9.47 Å². The van der Waals surface area contributed by atoms with Gasteiger partial charge in [-0.05, 0) is 39.2 Å². The third kappa shape index (κ3) is 3.15. The summed E-state index contributed by atoms with van der Waals surface area (Å²) >= 11 is 0. The van der Waals surface area contributed by atoms with Gasteiger partial charge in [0.2, 0.25) is 0 Å². The fraction of sp³-hybridized carbons (Fsp3) is 0.556. The maximum absolute atomic E-state index is 12.4. The van der Waals surface area contributed by atoms with E-state index in [0.717, 1.165) is 5.56 Å². The van der Waals surface area contributed by atoms with Crippen LogP contribution >= 0.6 is 0 Å². The minimum atomic E-state index is -0.821. The molecule has 1 heterocycles. The topological polar surface area (TPSA) is 59.3 Å². The highest BCUT2D eigenvalue weighted by Crippen LogP contribution is 2.47. The highest BCUT2D eigenvalue weighted by atomic mass is 16.5. The van der Waals surface area contributed by atoms with Crippen LogP contribution in [0.5, 0.6) is 0 Å². The fourth-order valence-electron chi connectivity index (χ4n) is 3.47. The van der Waals surface area contributed by atoms with Gasteiger partial charge in [0.05, 0.1) is 18.3 Å². The molecule has 1 aromatic rings. The van der Waals surface area contributed by atoms with Crippen LogP contribution < -0.4 is 0 Å². The molecular weight excluding hydrogens is 278 g/mol. The van der Waals surface area contributed by atoms with Crippen LogP contribution in [0.25, 0.3) is 0 Å². The maximum atomic E-state index is 12.4. The molecule has 22 heavy (non-hydrogen) atoms. The van der Waals surface area contributed by atoms with E-state index in [9.17, 15) is 10.1 Å². The van der Waals surface area contributed by atoms with Crippen LogP contribution in [0.4, 0.5) is 0 Å². The summed E-state index contributed by atoms with van der Waals surface area (Å²) in [6.07, 6.45) is 1.25. The summed E-state index contributed by atoms with van der Waals surface area (Å²) in [6, 6.07) is 12.0. The Labute approximate surface area is 132 Å². The van der Waals surface area contributed by atoms with Gasteiger partial charge in [-0.15, -0.1) is 0 Å². The molecule has 1 aliphatic heterocycles. The first-order valence-electron chi connectivity index (χ1n) is 7.71. The Morgan fingerprint density at radius 3 is 2.64 bits per heavy atom. The Morgan fingerprint density at radius 2 is 2.09 bits per heavy atom. The van der Waals surface area contributed by atoms with E-state index in [1.165, 1.54) is 0 Å². The Kier molecular flexibility index (Phi) is 4.87. The van der Waals surface area contributed by atoms with Crippen LogP contribution in [0.15, 0.2) is 30.3 Å². The minimum Gasteiger partial charge on any atom is -0.465 e. The summed E-state index contributed by atoms with van der Waals surface area (Å²) in [5.74, 6) is -1.26. The first-order chi connectivity index (χ1) is 10.4. The Morgan fingerprint density at radius 1 is 1.41 bits per heavy atom. The third-order valence-electron chi connectivity index (χ3n) is 4.33. The van der Waals surface area contributed by atoms with Gasteiger partial charge in [0, 0.05) is 12.0 Å². The van der Waals surface area contributed by atoms with Crippen LogP contribution in [-0.2, 0) is 19.7 Å². The van der Waals surface area contributed by atoms with E-state index < -0.39 is 17.3 Å². The summed E-state index contributed by atoms with van der Waals surface area (Å²) in [4.78, 5) is 12.4. The minimum absolute atomic E-state index is 0.280. The number of hydrogen-bond donors (Lipinski definition) is 0. The van der Waals surface area contributed by atoms with E-state index >= 15 is 0 Å². The predicted molar refractivity (Wildman–Crippen MR) is 83.1 cm³/mol. The standard InChI is InChI=1S/C18H23NO3/c1-4-21-16(20)15(12-19)18(14-8-6-5-7-9-14)10-11-22-17(2,3)13-18/h5-9,15H,4,10-11,13H2,1-3H3/t15-,18-/m1/s1. The van der Waals surface area contributed by atoms with E-state index in [4.69, 9.17) is 9.47 Å². The molecule has 0 saturated carbocycles. The molecule has 4 heteroatoms. The number of nitriles is 1. The van der Waals surface area contributed by atoms with Crippen LogP contribution in [0.1, 0.15) is 39.2 Å². The molecule has 0 N–H and O–H groups in total. The zero-order valence-corrected chi connectivity index (χ0v) is 13.5. The number of rotatable bonds is 4. The number of esters is 1. The largest absolute Gasteiger partial charge is 0.465 e.